The molecule has 0 fully saturated rings. The second kappa shape index (κ2) is 15.3. The standard InChI is InChI=1S/CHNO.H2S/c2-1-3;/h2H;1H2. The lowest BCUT2D eigenvalue weighted by atomic mass is 11.7. The molecule has 1 N–H and O–H groups in total. The highest BCUT2D eigenvalue weighted by molar-refractivity contribution is 7.59. The Bertz CT molecular complexity index is 29.0. The summed E-state index contributed by atoms with van der Waals surface area (Å²) in [5.41, 5.74) is 0. The van der Waals surface area contributed by atoms with Gasteiger partial charge in [0.2, 0.25) is 6.08 Å². The minimum absolute atomic E-state index is 0. The van der Waals surface area contributed by atoms with E-state index in [1.54, 1.807) is 0 Å². The topological polar surface area (TPSA) is 40.9 Å². The van der Waals surface area contributed by atoms with Gasteiger partial charge in [0.25, 0.3) is 0 Å². The quantitative estimate of drug-likeness (QED) is 0.321. The molecule has 0 aliphatic rings. The van der Waals surface area contributed by atoms with E-state index in [0.29, 0.717) is 0 Å². The molecule has 3 heteroatoms. The van der Waals surface area contributed by atoms with Gasteiger partial charge in [0, 0.05) is 0 Å². The third-order valence-electron chi connectivity index (χ3n) is 0. The molecule has 0 aromatic carbocycles. The zero-order valence-corrected chi connectivity index (χ0v) is 2.91. The van der Waals surface area contributed by atoms with Gasteiger partial charge >= 0.3 is 0 Å². The summed E-state index contributed by atoms with van der Waals surface area (Å²) in [6.45, 7) is 0. The number of isocyanates is 1. The molecular weight excluding hydrogens is 74.1 g/mol. The van der Waals surface area contributed by atoms with Crippen LogP contribution in [0.25, 0.3) is 0 Å². The molecule has 0 heterocycles. The van der Waals surface area contributed by atoms with Crippen molar-refractivity contribution in [1.29, 1.82) is 5.41 Å². The van der Waals surface area contributed by atoms with Crippen LogP contribution in [0.15, 0.2) is 0 Å². The van der Waals surface area contributed by atoms with Crippen LogP contribution in [-0.2, 0) is 4.79 Å². The minimum Gasteiger partial charge on any atom is -0.222 e. The van der Waals surface area contributed by atoms with Crippen LogP contribution < -0.4 is 0 Å². The van der Waals surface area contributed by atoms with E-state index in [2.05, 4.69) is 0 Å². The molecule has 0 radical (unpaired) electrons. The summed E-state index contributed by atoms with van der Waals surface area (Å²) in [7, 11) is 0. The molecule has 0 rings (SSSR count). The fraction of sp³-hybridized carbons (Fsp3) is 0. The van der Waals surface area contributed by atoms with E-state index in [0.717, 1.165) is 6.08 Å². The predicted molar refractivity (Wildman–Crippen MR) is 18.8 cm³/mol. The second-order valence-electron chi connectivity index (χ2n) is 0.102. The summed E-state index contributed by atoms with van der Waals surface area (Å²) in [6.07, 6.45) is 0.750. The van der Waals surface area contributed by atoms with Gasteiger partial charge in [-0.05, 0) is 0 Å². The molecule has 0 spiro atoms. The fourth-order valence-electron chi connectivity index (χ4n) is 0. The molecule has 0 atom stereocenters. The molecule has 0 saturated carbocycles. The number of hydrogen-bond donors (Lipinski definition) is 1. The van der Waals surface area contributed by atoms with Gasteiger partial charge in [-0.15, -0.1) is 0 Å². The molecule has 0 unspecified atom stereocenters. The summed E-state index contributed by atoms with van der Waals surface area (Å²) in [5, 5.41) is 5.40. The first kappa shape index (κ1) is 9.29. The monoisotopic (exact) mass is 77.0 g/mol. The van der Waals surface area contributed by atoms with Crippen LogP contribution >= 0.6 is 13.5 Å². The van der Waals surface area contributed by atoms with Crippen LogP contribution in [0, 0.1) is 5.41 Å². The lowest BCUT2D eigenvalue weighted by Crippen LogP contribution is -1.16. The largest absolute Gasteiger partial charge is 0.231 e. The summed E-state index contributed by atoms with van der Waals surface area (Å²) in [5.74, 6) is 0. The Morgan fingerprint density at radius 3 is 1.75 bits per heavy atom. The molecule has 0 aliphatic carbocycles. The summed E-state index contributed by atoms with van der Waals surface area (Å²) in [6, 6.07) is 0. The maximum absolute atomic E-state index is 8.35. The molecular formula is CH3NOS. The van der Waals surface area contributed by atoms with E-state index < -0.39 is 0 Å². The van der Waals surface area contributed by atoms with Gasteiger partial charge in [0.1, 0.15) is 0 Å². The average Bonchev–Trinajstić information content (AvgIpc) is 0.918. The van der Waals surface area contributed by atoms with E-state index >= 15 is 0 Å². The lowest BCUT2D eigenvalue weighted by Gasteiger charge is -1.02. The SMILES string of the molecule is N=C=O.S. The number of hydrogen-bond acceptors (Lipinski definition) is 2. The van der Waals surface area contributed by atoms with Gasteiger partial charge in [-0.2, -0.15) is 13.5 Å². The Labute approximate surface area is 30.8 Å². The lowest BCUT2D eigenvalue weighted by molar-refractivity contribution is 0.563. The van der Waals surface area contributed by atoms with Gasteiger partial charge in [-0.1, -0.05) is 0 Å². The summed E-state index contributed by atoms with van der Waals surface area (Å²) in [4.78, 5) is 8.35. The second-order valence-corrected chi connectivity index (χ2v) is 0.102. The Hall–Kier alpha value is -0.270. The van der Waals surface area contributed by atoms with Crippen LogP contribution in [0.2, 0.25) is 0 Å². The van der Waals surface area contributed by atoms with Gasteiger partial charge in [0.05, 0.1) is 0 Å². The third-order valence-corrected chi connectivity index (χ3v) is 0. The molecule has 0 aromatic rings. The van der Waals surface area contributed by atoms with Crippen molar-refractivity contribution in [3.8, 4) is 0 Å². The molecule has 0 amide bonds. The molecule has 24 valence electrons. The number of rotatable bonds is 0. The maximum Gasteiger partial charge on any atom is 0.231 e. The fourth-order valence-corrected chi connectivity index (χ4v) is 0. The highest BCUT2D eigenvalue weighted by Crippen LogP contribution is 0.868. The predicted octanol–water partition coefficient (Wildman–Crippen LogP) is 0.0138. The first-order valence-corrected chi connectivity index (χ1v) is 0.454. The Morgan fingerprint density at radius 2 is 1.75 bits per heavy atom. The summed E-state index contributed by atoms with van der Waals surface area (Å²) >= 11 is 0. The van der Waals surface area contributed by atoms with Crippen molar-refractivity contribution in [3.05, 3.63) is 0 Å². The molecule has 4 heavy (non-hydrogen) atoms. The van der Waals surface area contributed by atoms with Crippen LogP contribution in [0.5, 0.6) is 0 Å². The van der Waals surface area contributed by atoms with Crippen molar-refractivity contribution >= 4 is 19.6 Å². The Balaban J connectivity index is 0. The summed E-state index contributed by atoms with van der Waals surface area (Å²) < 4.78 is 0. The van der Waals surface area contributed by atoms with Crippen molar-refractivity contribution in [2.75, 3.05) is 0 Å². The minimum atomic E-state index is 0. The van der Waals surface area contributed by atoms with Gasteiger partial charge in [-0.3, -0.25) is 0 Å². The molecule has 0 aromatic heterocycles. The average molecular weight is 77.1 g/mol. The van der Waals surface area contributed by atoms with E-state index in [9.17, 15) is 0 Å². The highest BCUT2D eigenvalue weighted by Gasteiger charge is 1.03. The first-order valence-electron chi connectivity index (χ1n) is 0.454. The van der Waals surface area contributed by atoms with Crippen LogP contribution in [0.1, 0.15) is 0 Å². The van der Waals surface area contributed by atoms with Gasteiger partial charge in [-0.25, -0.2) is 10.2 Å². The van der Waals surface area contributed by atoms with Crippen molar-refractivity contribution in [2.45, 2.75) is 0 Å². The van der Waals surface area contributed by atoms with E-state index in [-0.39, 0.29) is 13.5 Å². The van der Waals surface area contributed by atoms with E-state index in [1.165, 1.54) is 0 Å². The maximum atomic E-state index is 8.35. The third kappa shape index (κ3) is 12.6. The van der Waals surface area contributed by atoms with Crippen LogP contribution in [0.4, 0.5) is 0 Å². The van der Waals surface area contributed by atoms with Crippen LogP contribution in [-0.4, -0.2) is 6.08 Å². The normalized spacial score (nSPS) is 2.00. The van der Waals surface area contributed by atoms with Crippen molar-refractivity contribution < 1.29 is 4.79 Å². The molecule has 0 saturated heterocycles. The van der Waals surface area contributed by atoms with Crippen molar-refractivity contribution in [1.82, 2.24) is 0 Å². The first-order chi connectivity index (χ1) is 1.41. The zero-order valence-electron chi connectivity index (χ0n) is 1.91. The van der Waals surface area contributed by atoms with Crippen molar-refractivity contribution in [3.63, 3.8) is 0 Å². The molecule has 2 nitrogen and oxygen atoms in total. The molecule has 0 bridgehead atoms. The Morgan fingerprint density at radius 1 is 1.75 bits per heavy atom. The van der Waals surface area contributed by atoms with E-state index in [1.807, 2.05) is 0 Å². The Kier molecular flexibility index (Phi) is 35.6. The van der Waals surface area contributed by atoms with Crippen LogP contribution in [0.3, 0.4) is 0 Å². The van der Waals surface area contributed by atoms with Gasteiger partial charge < -0.3 is 0 Å². The van der Waals surface area contributed by atoms with E-state index in [4.69, 9.17) is 10.2 Å². The number of carbonyl (C=O) groups excluding carboxylic acids is 1. The number of nitrogens with one attached hydrogen (secondary N) is 1. The molecule has 0 aliphatic heterocycles. The van der Waals surface area contributed by atoms with Gasteiger partial charge in [0.15, 0.2) is 0 Å². The zero-order chi connectivity index (χ0) is 2.71. The highest BCUT2D eigenvalue weighted by atomic mass is 32.1. The van der Waals surface area contributed by atoms with Crippen molar-refractivity contribution in [2.24, 2.45) is 0 Å². The smallest absolute Gasteiger partial charge is 0.222 e.